The fourth-order valence-corrected chi connectivity index (χ4v) is 3.75. The van der Waals surface area contributed by atoms with Crippen LogP contribution in [-0.4, -0.2) is 39.7 Å². The fourth-order valence-electron chi connectivity index (χ4n) is 3.75. The van der Waals surface area contributed by atoms with Crippen LogP contribution >= 0.6 is 0 Å². The molecule has 0 N–H and O–H groups in total. The van der Waals surface area contributed by atoms with Gasteiger partial charge in [0, 0.05) is 31.3 Å². The Labute approximate surface area is 169 Å². The molecule has 29 heavy (non-hydrogen) atoms. The highest BCUT2D eigenvalue weighted by molar-refractivity contribution is 5.95. The number of ether oxygens (including phenoxy) is 1. The van der Waals surface area contributed by atoms with Gasteiger partial charge >= 0.3 is 5.97 Å². The number of esters is 1. The van der Waals surface area contributed by atoms with Gasteiger partial charge < -0.3 is 9.64 Å². The minimum Gasteiger partial charge on any atom is -0.448 e. The molecule has 0 saturated heterocycles. The number of fused-ring (bicyclic) bond motifs is 1. The van der Waals surface area contributed by atoms with Crippen molar-refractivity contribution in [3.05, 3.63) is 82.7 Å². The van der Waals surface area contributed by atoms with E-state index in [1.807, 2.05) is 61.0 Å². The molecule has 0 radical (unpaired) electrons. The molecule has 3 aromatic rings. The number of hydrogen-bond donors (Lipinski definition) is 0. The second kappa shape index (κ2) is 7.54. The summed E-state index contributed by atoms with van der Waals surface area (Å²) in [6.45, 7) is 4.34. The van der Waals surface area contributed by atoms with E-state index in [0.717, 1.165) is 28.2 Å². The standard InChI is InChI=1S/C23H23N3O3/c1-15-20(16(2)26(24-15)18-10-5-4-6-11-18)14-25(3)22(27)21-13-17-9-7-8-12-19(17)23(28)29-21/h4-12,21H,13-14H2,1-3H3. The van der Waals surface area contributed by atoms with Crippen LogP contribution < -0.4 is 0 Å². The zero-order valence-electron chi connectivity index (χ0n) is 16.8. The molecule has 0 spiro atoms. The molecule has 1 aromatic heterocycles. The van der Waals surface area contributed by atoms with Crippen LogP contribution in [0, 0.1) is 13.8 Å². The first-order valence-corrected chi connectivity index (χ1v) is 9.60. The maximum atomic E-state index is 13.0. The molecule has 1 aliphatic rings. The van der Waals surface area contributed by atoms with E-state index in [-0.39, 0.29) is 5.91 Å². The molecular formula is C23H23N3O3. The average molecular weight is 389 g/mol. The van der Waals surface area contributed by atoms with E-state index in [2.05, 4.69) is 5.10 Å². The van der Waals surface area contributed by atoms with E-state index in [0.29, 0.717) is 18.5 Å². The minimum atomic E-state index is -0.799. The molecule has 4 rings (SSSR count). The second-order valence-electron chi connectivity index (χ2n) is 7.35. The van der Waals surface area contributed by atoms with Gasteiger partial charge in [-0.1, -0.05) is 36.4 Å². The van der Waals surface area contributed by atoms with Crippen LogP contribution in [0.3, 0.4) is 0 Å². The Kier molecular flexibility index (Phi) is 4.92. The van der Waals surface area contributed by atoms with E-state index >= 15 is 0 Å². The van der Waals surface area contributed by atoms with E-state index in [4.69, 9.17) is 4.74 Å². The topological polar surface area (TPSA) is 64.4 Å². The molecular weight excluding hydrogens is 366 g/mol. The highest BCUT2D eigenvalue weighted by Gasteiger charge is 2.33. The number of carbonyl (C=O) groups excluding carboxylic acids is 2. The van der Waals surface area contributed by atoms with Gasteiger partial charge in [-0.15, -0.1) is 0 Å². The van der Waals surface area contributed by atoms with Crippen molar-refractivity contribution < 1.29 is 14.3 Å². The Morgan fingerprint density at radius 3 is 2.59 bits per heavy atom. The summed E-state index contributed by atoms with van der Waals surface area (Å²) < 4.78 is 7.31. The lowest BCUT2D eigenvalue weighted by molar-refractivity contribution is -0.140. The number of aryl methyl sites for hydroxylation is 1. The van der Waals surface area contributed by atoms with Crippen LogP contribution in [-0.2, 0) is 22.5 Å². The number of likely N-dealkylation sites (N-methyl/N-ethyl adjacent to an activating group) is 1. The van der Waals surface area contributed by atoms with Crippen molar-refractivity contribution in [2.24, 2.45) is 0 Å². The Morgan fingerprint density at radius 2 is 1.83 bits per heavy atom. The zero-order valence-corrected chi connectivity index (χ0v) is 16.8. The molecule has 1 amide bonds. The van der Waals surface area contributed by atoms with E-state index < -0.39 is 12.1 Å². The van der Waals surface area contributed by atoms with Gasteiger partial charge in [0.1, 0.15) is 0 Å². The summed E-state index contributed by atoms with van der Waals surface area (Å²) in [5.74, 6) is -0.651. The normalized spacial score (nSPS) is 15.6. The van der Waals surface area contributed by atoms with Crippen molar-refractivity contribution in [3.8, 4) is 5.69 Å². The van der Waals surface area contributed by atoms with Crippen LogP contribution in [0.15, 0.2) is 54.6 Å². The van der Waals surface area contributed by atoms with Crippen molar-refractivity contribution in [1.82, 2.24) is 14.7 Å². The number of carbonyl (C=O) groups is 2. The van der Waals surface area contributed by atoms with Crippen molar-refractivity contribution in [2.75, 3.05) is 7.05 Å². The van der Waals surface area contributed by atoms with Crippen LogP contribution in [0.5, 0.6) is 0 Å². The third-order valence-electron chi connectivity index (χ3n) is 5.38. The lowest BCUT2D eigenvalue weighted by atomic mass is 9.98. The molecule has 148 valence electrons. The number of rotatable bonds is 4. The molecule has 2 aromatic carbocycles. The average Bonchev–Trinajstić information content (AvgIpc) is 3.02. The summed E-state index contributed by atoms with van der Waals surface area (Å²) in [5.41, 5.74) is 5.21. The molecule has 0 saturated carbocycles. The van der Waals surface area contributed by atoms with Gasteiger partial charge in [-0.3, -0.25) is 4.79 Å². The summed E-state index contributed by atoms with van der Waals surface area (Å²) in [5, 5.41) is 4.64. The molecule has 6 nitrogen and oxygen atoms in total. The number of para-hydroxylation sites is 1. The molecule has 0 bridgehead atoms. The van der Waals surface area contributed by atoms with Gasteiger partial charge in [-0.25, -0.2) is 9.48 Å². The summed E-state index contributed by atoms with van der Waals surface area (Å²) in [7, 11) is 1.73. The molecule has 6 heteroatoms. The van der Waals surface area contributed by atoms with Gasteiger partial charge in [0.2, 0.25) is 0 Å². The predicted molar refractivity (Wildman–Crippen MR) is 109 cm³/mol. The predicted octanol–water partition coefficient (Wildman–Crippen LogP) is 3.23. The Balaban J connectivity index is 1.53. The minimum absolute atomic E-state index is 0.209. The number of amides is 1. The lowest BCUT2D eigenvalue weighted by Crippen LogP contribution is -2.42. The molecule has 0 fully saturated rings. The molecule has 1 aliphatic heterocycles. The van der Waals surface area contributed by atoms with Crippen molar-refractivity contribution in [1.29, 1.82) is 0 Å². The van der Waals surface area contributed by atoms with E-state index in [1.165, 1.54) is 0 Å². The van der Waals surface area contributed by atoms with Crippen LogP contribution in [0.25, 0.3) is 5.69 Å². The van der Waals surface area contributed by atoms with Crippen LogP contribution in [0.4, 0.5) is 0 Å². The number of hydrogen-bond acceptors (Lipinski definition) is 4. The fraction of sp³-hybridized carbons (Fsp3) is 0.261. The number of benzene rings is 2. The summed E-state index contributed by atoms with van der Waals surface area (Å²) in [4.78, 5) is 26.8. The van der Waals surface area contributed by atoms with Crippen molar-refractivity contribution >= 4 is 11.9 Å². The third-order valence-corrected chi connectivity index (χ3v) is 5.38. The second-order valence-corrected chi connectivity index (χ2v) is 7.35. The quantitative estimate of drug-likeness (QED) is 0.643. The lowest BCUT2D eigenvalue weighted by Gasteiger charge is -2.27. The monoisotopic (exact) mass is 389 g/mol. The van der Waals surface area contributed by atoms with E-state index in [9.17, 15) is 9.59 Å². The van der Waals surface area contributed by atoms with E-state index in [1.54, 1.807) is 24.1 Å². The molecule has 2 heterocycles. The van der Waals surface area contributed by atoms with Gasteiger partial charge in [-0.2, -0.15) is 5.10 Å². The SMILES string of the molecule is Cc1nn(-c2ccccc2)c(C)c1CN(C)C(=O)C1Cc2ccccc2C(=O)O1. The molecule has 0 aliphatic carbocycles. The van der Waals surface area contributed by atoms with Crippen LogP contribution in [0.1, 0.15) is 32.9 Å². The highest BCUT2D eigenvalue weighted by Crippen LogP contribution is 2.23. The van der Waals surface area contributed by atoms with Gasteiger partial charge in [0.05, 0.1) is 16.9 Å². The summed E-state index contributed by atoms with van der Waals surface area (Å²) in [6, 6.07) is 17.2. The highest BCUT2D eigenvalue weighted by atomic mass is 16.5. The number of cyclic esters (lactones) is 1. The number of nitrogens with zero attached hydrogens (tertiary/aromatic N) is 3. The van der Waals surface area contributed by atoms with Crippen molar-refractivity contribution in [2.45, 2.75) is 32.9 Å². The van der Waals surface area contributed by atoms with Crippen molar-refractivity contribution in [3.63, 3.8) is 0 Å². The first-order chi connectivity index (χ1) is 14.0. The smallest absolute Gasteiger partial charge is 0.339 e. The van der Waals surface area contributed by atoms with Crippen LogP contribution in [0.2, 0.25) is 0 Å². The summed E-state index contributed by atoms with van der Waals surface area (Å²) >= 11 is 0. The first-order valence-electron chi connectivity index (χ1n) is 9.60. The third kappa shape index (κ3) is 3.53. The number of aromatic nitrogens is 2. The first kappa shape index (κ1) is 18.9. The van der Waals surface area contributed by atoms with Gasteiger partial charge in [0.15, 0.2) is 6.10 Å². The largest absolute Gasteiger partial charge is 0.448 e. The Bertz CT molecular complexity index is 1070. The Hall–Kier alpha value is -3.41. The zero-order chi connectivity index (χ0) is 20.5. The Morgan fingerprint density at radius 1 is 1.14 bits per heavy atom. The maximum Gasteiger partial charge on any atom is 0.339 e. The van der Waals surface area contributed by atoms with Gasteiger partial charge in [0.25, 0.3) is 5.91 Å². The molecule has 1 unspecified atom stereocenters. The summed E-state index contributed by atoms with van der Waals surface area (Å²) in [6.07, 6.45) is -0.404. The van der Waals surface area contributed by atoms with Gasteiger partial charge in [-0.05, 0) is 37.6 Å². The maximum absolute atomic E-state index is 13.0. The molecule has 1 atom stereocenters.